The van der Waals surface area contributed by atoms with Crippen LogP contribution in [-0.2, 0) is 47.4 Å². The lowest BCUT2D eigenvalue weighted by atomic mass is 10.0. The van der Waals surface area contributed by atoms with E-state index in [0.717, 1.165) is 76.5 Å². The number of unbranched alkanes of at least 4 members (excludes halogenated alkanes) is 2. The van der Waals surface area contributed by atoms with Gasteiger partial charge in [-0.25, -0.2) is 19.7 Å². The third-order valence-corrected chi connectivity index (χ3v) is 18.5. The average Bonchev–Trinajstić information content (AvgIpc) is 3.37. The number of aromatic nitrogens is 3. The van der Waals surface area contributed by atoms with E-state index in [4.69, 9.17) is 38.4 Å². The highest BCUT2D eigenvalue weighted by molar-refractivity contribution is 7.70. The molecule has 0 amide bonds. The van der Waals surface area contributed by atoms with Gasteiger partial charge in [0.1, 0.15) is 47.8 Å². The lowest BCUT2D eigenvalue weighted by molar-refractivity contribution is -0.142. The highest BCUT2D eigenvalue weighted by Gasteiger charge is 2.29. The van der Waals surface area contributed by atoms with Crippen molar-refractivity contribution in [1.82, 2.24) is 29.7 Å². The van der Waals surface area contributed by atoms with Gasteiger partial charge in [-0.2, -0.15) is 0 Å². The second-order valence-corrected chi connectivity index (χ2v) is 30.5. The fourth-order valence-corrected chi connectivity index (χ4v) is 12.5. The minimum Gasteiger partial charge on any atom is -0.494 e. The molecule has 0 radical (unpaired) electrons. The van der Waals surface area contributed by atoms with Gasteiger partial charge in [0.15, 0.2) is 6.61 Å². The number of pyridine rings is 3. The summed E-state index contributed by atoms with van der Waals surface area (Å²) < 4.78 is 69.5. The number of benzene rings is 3. The highest BCUT2D eigenvalue weighted by atomic mass is 31.2. The summed E-state index contributed by atoms with van der Waals surface area (Å²) in [6.07, 6.45) is 4.03. The summed E-state index contributed by atoms with van der Waals surface area (Å²) in [5.74, 6) is 21.5. The number of carbonyl (C=O) groups excluding carboxylic acids is 1. The minimum atomic E-state index is -3.35. The van der Waals surface area contributed by atoms with Crippen LogP contribution >= 0.6 is 21.7 Å². The Bertz CT molecular complexity index is 3570. The first-order valence-electron chi connectivity index (χ1n) is 29.1. The molecule has 1 fully saturated rings. The number of methoxy groups -OCH3 is 1. The van der Waals surface area contributed by atoms with E-state index in [-0.39, 0.29) is 19.3 Å². The average molecular weight is 1210 g/mol. The molecule has 1 aliphatic heterocycles. The van der Waals surface area contributed by atoms with Crippen molar-refractivity contribution in [3.8, 4) is 52.8 Å². The third kappa shape index (κ3) is 21.0. The Balaban J connectivity index is 1.28. The number of ether oxygens (including phenoxy) is 4. The van der Waals surface area contributed by atoms with E-state index in [1.54, 1.807) is 51.5 Å². The van der Waals surface area contributed by atoms with Gasteiger partial charge in [-0.3, -0.25) is 19.3 Å². The van der Waals surface area contributed by atoms with Crippen molar-refractivity contribution in [2.24, 2.45) is 0 Å². The Morgan fingerprint density at radius 2 is 0.918 bits per heavy atom. The fourth-order valence-electron chi connectivity index (χ4n) is 9.55. The van der Waals surface area contributed by atoms with Gasteiger partial charge in [-0.15, -0.1) is 0 Å². The molecule has 18 heteroatoms. The topological polar surface area (TPSA) is 163 Å². The molecule has 0 saturated carbocycles. The molecule has 1 aliphatic rings. The lowest BCUT2D eigenvalue weighted by Gasteiger charge is -2.35. The molecule has 3 aromatic heterocycles. The van der Waals surface area contributed by atoms with E-state index in [1.165, 1.54) is 7.11 Å². The molecule has 6 aromatic rings. The van der Waals surface area contributed by atoms with E-state index < -0.39 is 27.6 Å². The number of carbonyl (C=O) groups is 1. The molecule has 4 heterocycles. The third-order valence-electron chi connectivity index (χ3n) is 14.0. The summed E-state index contributed by atoms with van der Waals surface area (Å²) in [5, 5.41) is 0. The Hall–Kier alpha value is -6.81. The normalized spacial score (nSPS) is 15.0. The summed E-state index contributed by atoms with van der Waals surface area (Å²) >= 11 is 0. The molecule has 0 bridgehead atoms. The Morgan fingerprint density at radius 1 is 0.506 bits per heavy atom. The second kappa shape index (κ2) is 31.5. The quantitative estimate of drug-likeness (QED) is 0.0273. The van der Waals surface area contributed by atoms with Crippen LogP contribution in [-0.4, -0.2) is 141 Å². The van der Waals surface area contributed by atoms with E-state index in [0.29, 0.717) is 98.8 Å². The summed E-state index contributed by atoms with van der Waals surface area (Å²) in [6.45, 7) is 22.3. The van der Waals surface area contributed by atoms with Crippen LogP contribution in [0.1, 0.15) is 104 Å². The molecule has 448 valence electrons. The Kier molecular flexibility index (Phi) is 24.4. The smallest absolute Gasteiger partial charge is 0.343 e. The minimum absolute atomic E-state index is 0.0455. The first-order valence-corrected chi connectivity index (χ1v) is 36.4. The van der Waals surface area contributed by atoms with Crippen molar-refractivity contribution in [2.75, 3.05) is 99.6 Å². The van der Waals surface area contributed by atoms with Gasteiger partial charge < -0.3 is 32.6 Å². The van der Waals surface area contributed by atoms with Crippen LogP contribution in [0.5, 0.6) is 17.2 Å². The molecule has 0 N–H and O–H groups in total. The summed E-state index contributed by atoms with van der Waals surface area (Å²) in [5.41, 5.74) is 8.08. The molecule has 1 saturated heterocycles. The van der Waals surface area contributed by atoms with Crippen molar-refractivity contribution in [3.63, 3.8) is 0 Å². The van der Waals surface area contributed by atoms with Crippen LogP contribution < -0.4 is 30.5 Å². The van der Waals surface area contributed by atoms with Crippen LogP contribution in [0.25, 0.3) is 0 Å². The van der Waals surface area contributed by atoms with E-state index in [2.05, 4.69) is 57.1 Å². The van der Waals surface area contributed by atoms with Gasteiger partial charge in [0, 0.05) is 98.4 Å². The van der Waals surface area contributed by atoms with Crippen molar-refractivity contribution in [2.45, 2.75) is 79.1 Å². The molecule has 0 aliphatic carbocycles. The van der Waals surface area contributed by atoms with E-state index in [9.17, 15) is 18.5 Å². The maximum absolute atomic E-state index is 14.3. The highest BCUT2D eigenvalue weighted by Crippen LogP contribution is 2.41. The molecule has 1 unspecified atom stereocenters. The molecule has 15 nitrogen and oxygen atoms in total. The number of esters is 1. The molecular weight excluding hydrogens is 1130 g/mol. The predicted octanol–water partition coefficient (Wildman–Crippen LogP) is 10.3. The van der Waals surface area contributed by atoms with Crippen molar-refractivity contribution in [3.05, 3.63) is 160 Å². The standard InChI is InChI=1S/C67H81N6O9P3/c1-11-15-16-17-60-49-72(47-58-41-55(44-65(69-58)84(8,9)76)22-18-51-24-30-61(31-25-51)79-12-2)37-36-71(46-57-40-54(43-64(68-57)83(6,7)75)21-19-53-28-34-63(35-29-53)81-50-67(74)78-5)38-39-73(60)48-59-42-56(45-66(70-59)85(10,77)82-14-4)23-20-52-26-32-62(33-27-52)80-13-3/h24-35,40-45,60H,11-17,36-39,46-50H2,1-10H3/t60-,85?/m0/s1. The van der Waals surface area contributed by atoms with E-state index in [1.807, 2.05) is 112 Å². The zero-order valence-electron chi connectivity index (χ0n) is 51.0. The van der Waals surface area contributed by atoms with Crippen LogP contribution in [0, 0.1) is 35.5 Å². The zero-order chi connectivity index (χ0) is 61.0. The number of rotatable bonds is 22. The Labute approximate surface area is 504 Å². The maximum atomic E-state index is 14.3. The van der Waals surface area contributed by atoms with Gasteiger partial charge in [0.05, 0.1) is 44.0 Å². The largest absolute Gasteiger partial charge is 0.494 e. The molecule has 85 heavy (non-hydrogen) atoms. The maximum Gasteiger partial charge on any atom is 0.343 e. The van der Waals surface area contributed by atoms with Crippen molar-refractivity contribution in [1.29, 1.82) is 0 Å². The molecule has 2 atom stereocenters. The molecule has 3 aromatic carbocycles. The monoisotopic (exact) mass is 1210 g/mol. The lowest BCUT2D eigenvalue weighted by Crippen LogP contribution is -2.44. The first-order chi connectivity index (χ1) is 40.7. The second-order valence-electron chi connectivity index (χ2n) is 21.8. The van der Waals surface area contributed by atoms with Crippen molar-refractivity contribution < 1.29 is 42.0 Å². The summed E-state index contributed by atoms with van der Waals surface area (Å²) in [6, 6.07) is 34.0. The van der Waals surface area contributed by atoms with Crippen LogP contribution in [0.4, 0.5) is 0 Å². The number of hydrogen-bond acceptors (Lipinski definition) is 15. The summed E-state index contributed by atoms with van der Waals surface area (Å²) in [7, 11) is -7.71. The Morgan fingerprint density at radius 3 is 1.36 bits per heavy atom. The molecule has 0 spiro atoms. The van der Waals surface area contributed by atoms with Crippen molar-refractivity contribution >= 4 is 43.9 Å². The van der Waals surface area contributed by atoms with Gasteiger partial charge in [-0.1, -0.05) is 61.7 Å². The van der Waals surface area contributed by atoms with Gasteiger partial charge >= 0.3 is 5.97 Å². The van der Waals surface area contributed by atoms with Gasteiger partial charge in [0.25, 0.3) is 0 Å². The van der Waals surface area contributed by atoms with Crippen LogP contribution in [0.15, 0.2) is 109 Å². The van der Waals surface area contributed by atoms with Gasteiger partial charge in [0.2, 0.25) is 7.37 Å². The predicted molar refractivity (Wildman–Crippen MR) is 342 cm³/mol. The van der Waals surface area contributed by atoms with Gasteiger partial charge in [-0.05, 0) is 163 Å². The van der Waals surface area contributed by atoms with Crippen LogP contribution in [0.3, 0.4) is 0 Å². The fraction of sp³-hybridized carbons (Fsp3) is 0.403. The zero-order valence-corrected chi connectivity index (χ0v) is 53.7. The van der Waals surface area contributed by atoms with E-state index >= 15 is 0 Å². The first kappa shape index (κ1) is 65.7. The molecule has 7 rings (SSSR count). The summed E-state index contributed by atoms with van der Waals surface area (Å²) in [4.78, 5) is 34.2. The SMILES string of the molecule is CCCCC[C@H]1CN(Cc2cc(C#Cc3ccc(OCC)cc3)cc(P(C)(C)=O)n2)CCN(Cc2cc(C#Cc3ccc(OCC(=O)OC)cc3)cc(P(C)(C)=O)n2)CCN1Cc1cc(C#Cc2ccc(OCC)cc2)cc(P(C)(=O)OCC)n1. The number of hydrogen-bond donors (Lipinski definition) is 0. The molecular formula is C67H81N6O9P3. The van der Waals surface area contributed by atoms with Crippen LogP contribution in [0.2, 0.25) is 0 Å². The number of nitrogens with zero attached hydrogens (tertiary/aromatic N) is 6.